The summed E-state index contributed by atoms with van der Waals surface area (Å²) in [4.78, 5) is 23.0. The molecule has 2 aliphatic rings. The smallest absolute Gasteiger partial charge is 0.315 e. The molecular formula is C16H25N4O2S. The summed E-state index contributed by atoms with van der Waals surface area (Å²) in [5.74, 6) is 1.09. The van der Waals surface area contributed by atoms with Gasteiger partial charge in [0.1, 0.15) is 0 Å². The molecule has 0 aliphatic carbocycles. The highest BCUT2D eigenvalue weighted by atomic mass is 32.2. The van der Waals surface area contributed by atoms with E-state index in [0.717, 1.165) is 37.9 Å². The first-order valence-electron chi connectivity index (χ1n) is 8.34. The second kappa shape index (κ2) is 9.66. The van der Waals surface area contributed by atoms with Crippen LogP contribution in [0.15, 0.2) is 0 Å². The van der Waals surface area contributed by atoms with Crippen LogP contribution in [-0.4, -0.2) is 41.6 Å². The summed E-state index contributed by atoms with van der Waals surface area (Å²) in [5, 5.41) is 17.7. The second-order valence-corrected chi connectivity index (χ2v) is 7.28. The highest BCUT2D eigenvalue weighted by molar-refractivity contribution is 8.00. The zero-order valence-electron chi connectivity index (χ0n) is 13.3. The molecule has 0 aromatic heterocycles. The minimum Gasteiger partial charge on any atom is -0.356 e. The monoisotopic (exact) mass is 337 g/mol. The number of fused-ring (bicyclic) bond motifs is 1. The Labute approximate surface area is 142 Å². The lowest BCUT2D eigenvalue weighted by Crippen LogP contribution is -2.36. The Morgan fingerprint density at radius 3 is 3.09 bits per heavy atom. The van der Waals surface area contributed by atoms with E-state index in [2.05, 4.69) is 22.0 Å². The predicted molar refractivity (Wildman–Crippen MR) is 90.7 cm³/mol. The minimum absolute atomic E-state index is 0.0447. The molecule has 0 bridgehead atoms. The summed E-state index contributed by atoms with van der Waals surface area (Å²) in [5.41, 5.74) is 0. The van der Waals surface area contributed by atoms with Gasteiger partial charge in [-0.05, 0) is 32.1 Å². The van der Waals surface area contributed by atoms with Crippen LogP contribution in [0.4, 0.5) is 4.79 Å². The molecule has 3 amide bonds. The molecule has 127 valence electrons. The van der Waals surface area contributed by atoms with E-state index >= 15 is 0 Å². The van der Waals surface area contributed by atoms with E-state index in [0.29, 0.717) is 24.6 Å². The van der Waals surface area contributed by atoms with E-state index in [4.69, 9.17) is 5.26 Å². The molecule has 6 nitrogen and oxygen atoms in total. The van der Waals surface area contributed by atoms with Crippen molar-refractivity contribution in [3.63, 3.8) is 0 Å². The lowest BCUT2D eigenvalue weighted by molar-refractivity contribution is -0.121. The number of thioether (sulfide) groups is 1. The lowest BCUT2D eigenvalue weighted by atomic mass is 10.0. The maximum atomic E-state index is 11.7. The molecule has 0 saturated carbocycles. The van der Waals surface area contributed by atoms with Crippen LogP contribution in [0.1, 0.15) is 44.9 Å². The van der Waals surface area contributed by atoms with Gasteiger partial charge in [0, 0.05) is 30.4 Å². The quantitative estimate of drug-likeness (QED) is 0.418. The largest absolute Gasteiger partial charge is 0.356 e. The maximum Gasteiger partial charge on any atom is 0.315 e. The van der Waals surface area contributed by atoms with E-state index in [-0.39, 0.29) is 24.0 Å². The fraction of sp³-hybridized carbons (Fsp3) is 0.750. The zero-order chi connectivity index (χ0) is 16.5. The Bertz CT molecular complexity index is 452. The normalized spacial score (nSPS) is 25.3. The summed E-state index contributed by atoms with van der Waals surface area (Å²) in [6.45, 7) is 0.681. The Kier molecular flexibility index (Phi) is 7.53. The molecule has 23 heavy (non-hydrogen) atoms. The lowest BCUT2D eigenvalue weighted by Gasteiger charge is -2.16. The molecule has 2 aliphatic heterocycles. The summed E-state index contributed by atoms with van der Waals surface area (Å²) < 4.78 is 0. The molecule has 3 N–H and O–H groups in total. The van der Waals surface area contributed by atoms with Crippen LogP contribution >= 0.6 is 11.8 Å². The van der Waals surface area contributed by atoms with Crippen molar-refractivity contribution in [2.45, 2.75) is 62.3 Å². The highest BCUT2D eigenvalue weighted by Gasteiger charge is 2.42. The SMILES string of the molecule is N#CC[CH]CCCNC(=O)CCCC[C@@H]1SC[C@@H]2NC(=O)N[C@@H]21. The Morgan fingerprint density at radius 2 is 2.26 bits per heavy atom. The van der Waals surface area contributed by atoms with Gasteiger partial charge >= 0.3 is 6.03 Å². The molecule has 2 heterocycles. The van der Waals surface area contributed by atoms with Crippen LogP contribution in [0.25, 0.3) is 0 Å². The predicted octanol–water partition coefficient (Wildman–Crippen LogP) is 1.73. The van der Waals surface area contributed by atoms with E-state index in [1.54, 1.807) is 0 Å². The van der Waals surface area contributed by atoms with Crippen LogP contribution in [-0.2, 0) is 4.79 Å². The van der Waals surface area contributed by atoms with Gasteiger partial charge in [-0.15, -0.1) is 0 Å². The number of nitrogens with zero attached hydrogens (tertiary/aromatic N) is 1. The fourth-order valence-electron chi connectivity index (χ4n) is 3.00. The first-order chi connectivity index (χ1) is 11.2. The third kappa shape index (κ3) is 5.94. The van der Waals surface area contributed by atoms with Gasteiger partial charge in [-0.1, -0.05) is 6.42 Å². The number of amides is 3. The van der Waals surface area contributed by atoms with Gasteiger partial charge in [-0.3, -0.25) is 4.79 Å². The van der Waals surface area contributed by atoms with Crippen LogP contribution in [0, 0.1) is 17.8 Å². The molecule has 2 rings (SSSR count). The van der Waals surface area contributed by atoms with Crippen molar-refractivity contribution in [3.8, 4) is 6.07 Å². The number of rotatable bonds is 10. The molecule has 0 aromatic rings. The van der Waals surface area contributed by atoms with Crippen molar-refractivity contribution in [2.75, 3.05) is 12.3 Å². The van der Waals surface area contributed by atoms with Gasteiger partial charge in [0.2, 0.25) is 5.91 Å². The zero-order valence-corrected chi connectivity index (χ0v) is 14.2. The van der Waals surface area contributed by atoms with Gasteiger partial charge in [0.25, 0.3) is 0 Å². The van der Waals surface area contributed by atoms with Crippen LogP contribution in [0.3, 0.4) is 0 Å². The first kappa shape index (κ1) is 17.9. The molecule has 1 radical (unpaired) electrons. The van der Waals surface area contributed by atoms with Crippen LogP contribution in [0.5, 0.6) is 0 Å². The van der Waals surface area contributed by atoms with Crippen LogP contribution < -0.4 is 16.0 Å². The number of hydrogen-bond donors (Lipinski definition) is 3. The van der Waals surface area contributed by atoms with Gasteiger partial charge < -0.3 is 16.0 Å². The second-order valence-electron chi connectivity index (χ2n) is 6.01. The van der Waals surface area contributed by atoms with Crippen molar-refractivity contribution < 1.29 is 9.59 Å². The fourth-order valence-corrected chi connectivity index (χ4v) is 4.55. The number of urea groups is 1. The van der Waals surface area contributed by atoms with Crippen molar-refractivity contribution in [1.82, 2.24) is 16.0 Å². The number of hydrogen-bond acceptors (Lipinski definition) is 4. The number of nitrogens with one attached hydrogen (secondary N) is 3. The summed E-state index contributed by atoms with van der Waals surface area (Å²) in [7, 11) is 0. The third-order valence-corrected chi connectivity index (χ3v) is 5.73. The van der Waals surface area contributed by atoms with Gasteiger partial charge in [-0.2, -0.15) is 17.0 Å². The maximum absolute atomic E-state index is 11.7. The Balaban J connectivity index is 1.47. The highest BCUT2D eigenvalue weighted by Crippen LogP contribution is 2.33. The standard InChI is InChI=1S/C16H25N4O2S/c17-9-5-1-2-6-10-18-14(21)8-4-3-7-13-15-12(11-23-13)19-16(22)20-15/h1,12-13,15H,2-8,10-11H2,(H,18,21)(H2,19,20,22)/t12-,13-,15-/m0/s1. The molecule has 2 fully saturated rings. The molecule has 2 saturated heterocycles. The van der Waals surface area contributed by atoms with E-state index in [1.165, 1.54) is 0 Å². The first-order valence-corrected chi connectivity index (χ1v) is 9.39. The van der Waals surface area contributed by atoms with Crippen molar-refractivity contribution in [2.24, 2.45) is 0 Å². The van der Waals surface area contributed by atoms with Gasteiger partial charge in [-0.25, -0.2) is 4.79 Å². The van der Waals surface area contributed by atoms with Crippen molar-refractivity contribution >= 4 is 23.7 Å². The van der Waals surface area contributed by atoms with E-state index in [1.807, 2.05) is 18.2 Å². The molecule has 3 atom stereocenters. The van der Waals surface area contributed by atoms with E-state index in [9.17, 15) is 9.59 Å². The molecule has 7 heteroatoms. The summed E-state index contributed by atoms with van der Waals surface area (Å²) in [6, 6.07) is 2.56. The topological polar surface area (TPSA) is 94.0 Å². The number of carbonyl (C=O) groups excluding carboxylic acids is 2. The number of nitriles is 1. The van der Waals surface area contributed by atoms with E-state index < -0.39 is 0 Å². The average molecular weight is 337 g/mol. The summed E-state index contributed by atoms with van der Waals surface area (Å²) in [6.07, 6.45) is 7.70. The third-order valence-electron chi connectivity index (χ3n) is 4.22. The van der Waals surface area contributed by atoms with Crippen molar-refractivity contribution in [3.05, 3.63) is 6.42 Å². The number of unbranched alkanes of at least 4 members (excludes halogenated alkanes) is 4. The Hall–Kier alpha value is -1.42. The molecule has 0 spiro atoms. The van der Waals surface area contributed by atoms with Gasteiger partial charge in [0.05, 0.1) is 18.2 Å². The number of carbonyl (C=O) groups is 2. The van der Waals surface area contributed by atoms with Gasteiger partial charge in [0.15, 0.2) is 0 Å². The Morgan fingerprint density at radius 1 is 1.39 bits per heavy atom. The molecular weight excluding hydrogens is 312 g/mol. The van der Waals surface area contributed by atoms with Crippen LogP contribution in [0.2, 0.25) is 0 Å². The summed E-state index contributed by atoms with van der Waals surface area (Å²) >= 11 is 1.91. The average Bonchev–Trinajstić information content (AvgIpc) is 3.07. The van der Waals surface area contributed by atoms with Crippen molar-refractivity contribution in [1.29, 1.82) is 5.26 Å². The minimum atomic E-state index is -0.0447. The molecule has 0 aromatic carbocycles. The molecule has 0 unspecified atom stereocenters.